The van der Waals surface area contributed by atoms with E-state index in [1.54, 1.807) is 30.3 Å². The maximum Gasteiger partial charge on any atom is 0.322 e. The Bertz CT molecular complexity index is 940. The lowest BCUT2D eigenvalue weighted by molar-refractivity contribution is -0.124. The summed E-state index contributed by atoms with van der Waals surface area (Å²) in [5, 5.41) is 7.90. The van der Waals surface area contributed by atoms with Crippen LogP contribution in [-0.2, 0) is 4.79 Å². The summed E-state index contributed by atoms with van der Waals surface area (Å²) in [4.78, 5) is 36.6. The van der Waals surface area contributed by atoms with Gasteiger partial charge in [-0.25, -0.2) is 9.18 Å². The minimum Gasteiger partial charge on any atom is -0.352 e. The van der Waals surface area contributed by atoms with E-state index in [1.807, 2.05) is 6.07 Å². The van der Waals surface area contributed by atoms with Gasteiger partial charge in [0.2, 0.25) is 0 Å². The average Bonchev–Trinajstić information content (AvgIpc) is 3.49. The van der Waals surface area contributed by atoms with Crippen LogP contribution in [0.25, 0.3) is 11.1 Å². The number of carbonyl (C=O) groups is 3. The Labute approximate surface area is 161 Å². The van der Waals surface area contributed by atoms with Crippen LogP contribution < -0.4 is 16.0 Å². The molecular formula is C21H20FN3O3. The van der Waals surface area contributed by atoms with Crippen LogP contribution in [0.5, 0.6) is 0 Å². The predicted octanol–water partition coefficient (Wildman–Crippen LogP) is 2.60. The van der Waals surface area contributed by atoms with Crippen molar-refractivity contribution in [1.82, 2.24) is 16.0 Å². The summed E-state index contributed by atoms with van der Waals surface area (Å²) in [6.45, 7) is 0.251. The second-order valence-corrected chi connectivity index (χ2v) is 7.21. The molecule has 0 spiro atoms. The van der Waals surface area contributed by atoms with Gasteiger partial charge in [-0.1, -0.05) is 30.3 Å². The molecule has 2 aliphatic rings. The van der Waals surface area contributed by atoms with E-state index < -0.39 is 11.6 Å². The zero-order valence-electron chi connectivity index (χ0n) is 15.1. The van der Waals surface area contributed by atoms with Gasteiger partial charge in [0, 0.05) is 12.1 Å². The van der Waals surface area contributed by atoms with Crippen molar-refractivity contribution in [3.63, 3.8) is 0 Å². The molecule has 144 valence electrons. The van der Waals surface area contributed by atoms with Crippen molar-refractivity contribution in [3.05, 3.63) is 59.9 Å². The zero-order valence-corrected chi connectivity index (χ0v) is 15.1. The Morgan fingerprint density at radius 1 is 1.11 bits per heavy atom. The number of halogens is 1. The van der Waals surface area contributed by atoms with E-state index in [9.17, 15) is 18.8 Å². The summed E-state index contributed by atoms with van der Waals surface area (Å²) in [5.41, 5.74) is 0.975. The molecule has 28 heavy (non-hydrogen) atoms. The smallest absolute Gasteiger partial charge is 0.322 e. The molecule has 0 unspecified atom stereocenters. The standard InChI is InChI=1S/C21H20FN3O3/c22-15-9-5-13(6-10-15)16-3-1-2-4-17(16)18(26)23-12-11-21(14-7-8-14)19(27)24-20(28)25-21/h1-6,9-10,14H,7-8,11-12H2,(H,23,26)(H2,24,25,27,28)/t21-/m0/s1. The number of hydrogen-bond acceptors (Lipinski definition) is 3. The van der Waals surface area contributed by atoms with Crippen molar-refractivity contribution in [1.29, 1.82) is 0 Å². The molecule has 1 aliphatic carbocycles. The van der Waals surface area contributed by atoms with Crippen LogP contribution >= 0.6 is 0 Å². The Balaban J connectivity index is 1.47. The lowest BCUT2D eigenvalue weighted by Gasteiger charge is -2.26. The maximum atomic E-state index is 13.2. The lowest BCUT2D eigenvalue weighted by atomic mass is 9.89. The number of urea groups is 1. The van der Waals surface area contributed by atoms with Gasteiger partial charge in [-0.3, -0.25) is 14.9 Å². The van der Waals surface area contributed by atoms with Crippen LogP contribution in [0.3, 0.4) is 0 Å². The summed E-state index contributed by atoms with van der Waals surface area (Å²) in [6.07, 6.45) is 2.10. The minimum atomic E-state index is -0.930. The van der Waals surface area contributed by atoms with Gasteiger partial charge in [-0.05, 0) is 54.5 Å². The second-order valence-electron chi connectivity index (χ2n) is 7.21. The number of amides is 4. The van der Waals surface area contributed by atoms with E-state index in [-0.39, 0.29) is 30.1 Å². The summed E-state index contributed by atoms with van der Waals surface area (Å²) < 4.78 is 13.2. The van der Waals surface area contributed by atoms with Crippen LogP contribution in [0.4, 0.5) is 9.18 Å². The molecule has 7 heteroatoms. The largest absolute Gasteiger partial charge is 0.352 e. The molecule has 1 heterocycles. The predicted molar refractivity (Wildman–Crippen MR) is 101 cm³/mol. The van der Waals surface area contributed by atoms with Crippen LogP contribution in [0.1, 0.15) is 29.6 Å². The molecule has 2 aromatic carbocycles. The van der Waals surface area contributed by atoms with Gasteiger partial charge in [0.25, 0.3) is 11.8 Å². The van der Waals surface area contributed by atoms with Crippen LogP contribution in [-0.4, -0.2) is 29.9 Å². The Morgan fingerprint density at radius 3 is 2.46 bits per heavy atom. The average molecular weight is 381 g/mol. The highest BCUT2D eigenvalue weighted by molar-refractivity contribution is 6.07. The van der Waals surface area contributed by atoms with Gasteiger partial charge in [0.05, 0.1) is 0 Å². The van der Waals surface area contributed by atoms with Crippen molar-refractivity contribution >= 4 is 17.8 Å². The van der Waals surface area contributed by atoms with Gasteiger partial charge in [0.15, 0.2) is 0 Å². The van der Waals surface area contributed by atoms with Gasteiger partial charge >= 0.3 is 6.03 Å². The zero-order chi connectivity index (χ0) is 19.7. The quantitative estimate of drug-likeness (QED) is 0.672. The first kappa shape index (κ1) is 18.2. The fourth-order valence-corrected chi connectivity index (χ4v) is 3.78. The molecule has 4 rings (SSSR count). The molecule has 3 N–H and O–H groups in total. The molecule has 0 bridgehead atoms. The highest BCUT2D eigenvalue weighted by Crippen LogP contribution is 2.43. The Hall–Kier alpha value is -3.22. The van der Waals surface area contributed by atoms with Crippen molar-refractivity contribution in [2.75, 3.05) is 6.54 Å². The molecule has 1 saturated carbocycles. The van der Waals surface area contributed by atoms with Gasteiger partial charge in [0.1, 0.15) is 11.4 Å². The Kier molecular flexibility index (Phi) is 4.58. The summed E-state index contributed by atoms with van der Waals surface area (Å²) in [7, 11) is 0. The third-order valence-corrected chi connectivity index (χ3v) is 5.37. The monoisotopic (exact) mass is 381 g/mol. The van der Waals surface area contributed by atoms with Crippen LogP contribution in [0, 0.1) is 11.7 Å². The molecule has 1 saturated heterocycles. The molecule has 4 amide bonds. The number of hydrogen-bond donors (Lipinski definition) is 3. The van der Waals surface area contributed by atoms with Crippen molar-refractivity contribution in [2.45, 2.75) is 24.8 Å². The summed E-state index contributed by atoms with van der Waals surface area (Å²) in [5.74, 6) is -0.827. The number of carbonyl (C=O) groups excluding carboxylic acids is 3. The molecular weight excluding hydrogens is 361 g/mol. The second kappa shape index (κ2) is 7.07. The highest BCUT2D eigenvalue weighted by Gasteiger charge is 2.55. The number of nitrogens with one attached hydrogen (secondary N) is 3. The molecule has 0 aromatic heterocycles. The summed E-state index contributed by atoms with van der Waals surface area (Å²) >= 11 is 0. The van der Waals surface area contributed by atoms with Crippen molar-refractivity contribution in [3.8, 4) is 11.1 Å². The van der Waals surface area contributed by atoms with Crippen LogP contribution in [0.15, 0.2) is 48.5 Å². The van der Waals surface area contributed by atoms with Gasteiger partial charge in [-0.2, -0.15) is 0 Å². The SMILES string of the molecule is O=C1NC(=O)[C@](CCNC(=O)c2ccccc2-c2ccc(F)cc2)(C2CC2)N1. The molecule has 2 aromatic rings. The molecule has 6 nitrogen and oxygen atoms in total. The fourth-order valence-electron chi connectivity index (χ4n) is 3.78. The van der Waals surface area contributed by atoms with E-state index in [0.29, 0.717) is 17.5 Å². The first-order valence-electron chi connectivity index (χ1n) is 9.26. The highest BCUT2D eigenvalue weighted by atomic mass is 19.1. The first-order chi connectivity index (χ1) is 13.5. The van der Waals surface area contributed by atoms with E-state index in [2.05, 4.69) is 16.0 Å². The number of imide groups is 1. The fraction of sp³-hybridized carbons (Fsp3) is 0.286. The van der Waals surface area contributed by atoms with Crippen LogP contribution in [0.2, 0.25) is 0 Å². The van der Waals surface area contributed by atoms with Crippen molar-refractivity contribution < 1.29 is 18.8 Å². The molecule has 0 radical (unpaired) electrons. The molecule has 1 aliphatic heterocycles. The van der Waals surface area contributed by atoms with Gasteiger partial charge in [-0.15, -0.1) is 0 Å². The van der Waals surface area contributed by atoms with E-state index >= 15 is 0 Å². The normalized spacial score (nSPS) is 21.2. The van der Waals surface area contributed by atoms with E-state index in [0.717, 1.165) is 18.4 Å². The third-order valence-electron chi connectivity index (χ3n) is 5.37. The summed E-state index contributed by atoms with van der Waals surface area (Å²) in [6, 6.07) is 12.6. The topological polar surface area (TPSA) is 87.3 Å². The number of rotatable bonds is 6. The molecule has 2 fully saturated rings. The first-order valence-corrected chi connectivity index (χ1v) is 9.26. The van der Waals surface area contributed by atoms with Crippen molar-refractivity contribution in [2.24, 2.45) is 5.92 Å². The lowest BCUT2D eigenvalue weighted by Crippen LogP contribution is -2.51. The van der Waals surface area contributed by atoms with E-state index in [4.69, 9.17) is 0 Å². The van der Waals surface area contributed by atoms with E-state index in [1.165, 1.54) is 12.1 Å². The number of benzene rings is 2. The molecule has 1 atom stereocenters. The van der Waals surface area contributed by atoms with Gasteiger partial charge < -0.3 is 10.6 Å². The third kappa shape index (κ3) is 3.35. The maximum absolute atomic E-state index is 13.2. The minimum absolute atomic E-state index is 0.113. The Morgan fingerprint density at radius 2 is 1.82 bits per heavy atom.